The molecule has 0 spiro atoms. The number of carbonyl (C=O) groups is 1. The van der Waals surface area contributed by atoms with E-state index >= 15 is 0 Å². The van der Waals surface area contributed by atoms with Gasteiger partial charge in [-0.2, -0.15) is 0 Å². The van der Waals surface area contributed by atoms with E-state index in [0.29, 0.717) is 24.2 Å². The van der Waals surface area contributed by atoms with Gasteiger partial charge in [-0.3, -0.25) is 9.59 Å². The van der Waals surface area contributed by atoms with Crippen LogP contribution >= 0.6 is 0 Å². The van der Waals surface area contributed by atoms with E-state index < -0.39 is 38.2 Å². The summed E-state index contributed by atoms with van der Waals surface area (Å²) in [6.07, 6.45) is 4.03. The number of ether oxygens (including phenoxy) is 1. The number of pyridine rings is 1. The van der Waals surface area contributed by atoms with Gasteiger partial charge >= 0.3 is 0 Å². The van der Waals surface area contributed by atoms with Gasteiger partial charge in [0.25, 0.3) is 11.5 Å². The van der Waals surface area contributed by atoms with Crippen molar-refractivity contribution in [3.8, 4) is 11.1 Å². The van der Waals surface area contributed by atoms with Gasteiger partial charge in [-0.05, 0) is 56.4 Å². The molecule has 10 heteroatoms. The van der Waals surface area contributed by atoms with Gasteiger partial charge in [0.05, 0.1) is 0 Å². The van der Waals surface area contributed by atoms with E-state index in [-0.39, 0.29) is 13.0 Å². The van der Waals surface area contributed by atoms with Crippen LogP contribution in [0.15, 0.2) is 41.3 Å². The van der Waals surface area contributed by atoms with Crippen LogP contribution in [0.4, 0.5) is 4.39 Å². The van der Waals surface area contributed by atoms with Crippen molar-refractivity contribution in [3.63, 3.8) is 0 Å². The molecule has 180 valence electrons. The molecule has 1 aliphatic rings. The first-order valence-corrected chi connectivity index (χ1v) is 12.6. The van der Waals surface area contributed by atoms with Crippen LogP contribution in [0.25, 0.3) is 11.1 Å². The van der Waals surface area contributed by atoms with Crippen molar-refractivity contribution in [1.29, 1.82) is 0 Å². The zero-order valence-corrected chi connectivity index (χ0v) is 19.8. The van der Waals surface area contributed by atoms with Gasteiger partial charge < -0.3 is 9.30 Å². The van der Waals surface area contributed by atoms with Gasteiger partial charge in [0, 0.05) is 43.7 Å². The van der Waals surface area contributed by atoms with E-state index in [0.717, 1.165) is 24.7 Å². The summed E-state index contributed by atoms with van der Waals surface area (Å²) in [6, 6.07) is 7.61. The number of hydrogen-bond donors (Lipinski definition) is 1. The molecule has 2 atom stereocenters. The van der Waals surface area contributed by atoms with Gasteiger partial charge in [0.15, 0.2) is 20.9 Å². The Morgan fingerprint density at radius 2 is 2.06 bits per heavy atom. The van der Waals surface area contributed by atoms with Crippen LogP contribution in [-0.2, 0) is 30.8 Å². The van der Waals surface area contributed by atoms with Crippen molar-refractivity contribution in [2.24, 2.45) is 0 Å². The molecule has 0 saturated carbocycles. The molecule has 1 fully saturated rings. The fraction of sp³-hybridized carbons (Fsp3) is 0.478. The van der Waals surface area contributed by atoms with Gasteiger partial charge in [-0.25, -0.2) is 23.1 Å². The number of aryl methyl sites for hydroxylation is 2. The van der Waals surface area contributed by atoms with Crippen LogP contribution in [0.3, 0.4) is 0 Å². The maximum atomic E-state index is 14.3. The lowest BCUT2D eigenvalue weighted by Gasteiger charge is -2.28. The summed E-state index contributed by atoms with van der Waals surface area (Å²) in [5, 5.41) is 0. The van der Waals surface area contributed by atoms with E-state index in [1.807, 2.05) is 0 Å². The second kappa shape index (κ2) is 10.1. The highest BCUT2D eigenvalue weighted by Gasteiger charge is 2.44. The van der Waals surface area contributed by atoms with Gasteiger partial charge in [-0.15, -0.1) is 0 Å². The minimum absolute atomic E-state index is 0.0353. The maximum absolute atomic E-state index is 14.3. The molecule has 2 heterocycles. The molecule has 0 radical (unpaired) electrons. The molecule has 1 unspecified atom stereocenters. The third-order valence-electron chi connectivity index (χ3n) is 5.98. The third-order valence-corrected chi connectivity index (χ3v) is 8.01. The van der Waals surface area contributed by atoms with Crippen LogP contribution in [0, 0.1) is 12.7 Å². The minimum Gasteiger partial charge on any atom is -0.350 e. The molecule has 8 nitrogen and oxygen atoms in total. The van der Waals surface area contributed by atoms with Gasteiger partial charge in [0.2, 0.25) is 0 Å². The summed E-state index contributed by atoms with van der Waals surface area (Å²) in [7, 11) is -3.86. The van der Waals surface area contributed by atoms with E-state index in [4.69, 9.17) is 9.57 Å². The van der Waals surface area contributed by atoms with Crippen molar-refractivity contribution < 1.29 is 27.2 Å². The number of aromatic nitrogens is 1. The molecule has 0 aliphatic carbocycles. The number of rotatable bonds is 8. The lowest BCUT2D eigenvalue weighted by atomic mass is 10.0. The lowest BCUT2D eigenvalue weighted by molar-refractivity contribution is -0.201. The standard InChI is InChI=1S/C23H29FN2O6S/c1-16-7-8-18(19(24)14-16)17-9-11-26(20(27)15-17)12-10-23(2,33(3,29)30)22(28)25-32-21-6-4-5-13-31-21/h7-9,11,14-15,21H,4-6,10,12-13H2,1-3H3,(H,25,28)/t21?,23-/m1/s1. The molecule has 1 amide bonds. The van der Waals surface area contributed by atoms with Crippen molar-refractivity contribution in [1.82, 2.24) is 10.0 Å². The quantitative estimate of drug-likeness (QED) is 0.583. The van der Waals surface area contributed by atoms with Crippen molar-refractivity contribution >= 4 is 15.7 Å². The predicted molar refractivity (Wildman–Crippen MR) is 122 cm³/mol. The molecular formula is C23H29FN2O6S. The number of halogens is 1. The fourth-order valence-electron chi connectivity index (χ4n) is 3.55. The molecule has 1 aromatic heterocycles. The lowest BCUT2D eigenvalue weighted by Crippen LogP contribution is -2.51. The van der Waals surface area contributed by atoms with Gasteiger partial charge in [-0.1, -0.05) is 12.1 Å². The highest BCUT2D eigenvalue weighted by molar-refractivity contribution is 7.92. The average Bonchev–Trinajstić information content (AvgIpc) is 2.76. The molecule has 1 saturated heterocycles. The maximum Gasteiger partial charge on any atom is 0.264 e. The first-order valence-electron chi connectivity index (χ1n) is 10.8. The number of carbonyl (C=O) groups excluding carboxylic acids is 1. The molecule has 3 rings (SSSR count). The topological polar surface area (TPSA) is 104 Å². The number of nitrogens with zero attached hydrogens (tertiary/aromatic N) is 1. The molecule has 1 aromatic carbocycles. The summed E-state index contributed by atoms with van der Waals surface area (Å²) in [4.78, 5) is 30.6. The Morgan fingerprint density at radius 3 is 2.67 bits per heavy atom. The first-order chi connectivity index (χ1) is 15.5. The smallest absolute Gasteiger partial charge is 0.264 e. The number of nitrogens with one attached hydrogen (secondary N) is 1. The Kier molecular flexibility index (Phi) is 7.71. The number of benzene rings is 1. The summed E-state index contributed by atoms with van der Waals surface area (Å²) in [6.45, 7) is 3.54. The normalized spacial score (nSPS) is 18.5. The van der Waals surface area contributed by atoms with Crippen LogP contribution in [0.2, 0.25) is 0 Å². The largest absolute Gasteiger partial charge is 0.350 e. The molecule has 33 heavy (non-hydrogen) atoms. The zero-order chi connectivity index (χ0) is 24.2. The molecule has 2 aromatic rings. The second-order valence-electron chi connectivity index (χ2n) is 8.53. The van der Waals surface area contributed by atoms with E-state index in [9.17, 15) is 22.4 Å². The summed E-state index contributed by atoms with van der Waals surface area (Å²) < 4.78 is 44.1. The second-order valence-corrected chi connectivity index (χ2v) is 11.0. The Balaban J connectivity index is 1.74. The summed E-state index contributed by atoms with van der Waals surface area (Å²) in [5.41, 5.74) is 3.26. The predicted octanol–water partition coefficient (Wildman–Crippen LogP) is 2.73. The Hall–Kier alpha value is -2.56. The van der Waals surface area contributed by atoms with E-state index in [2.05, 4.69) is 5.48 Å². The number of sulfone groups is 1. The molecule has 0 bridgehead atoms. The van der Waals surface area contributed by atoms with Crippen molar-refractivity contribution in [3.05, 3.63) is 58.3 Å². The van der Waals surface area contributed by atoms with Crippen molar-refractivity contribution in [2.45, 2.75) is 57.1 Å². The van der Waals surface area contributed by atoms with Crippen LogP contribution in [0.5, 0.6) is 0 Å². The Labute approximate surface area is 192 Å². The summed E-state index contributed by atoms with van der Waals surface area (Å²) >= 11 is 0. The molecular weight excluding hydrogens is 451 g/mol. The zero-order valence-electron chi connectivity index (χ0n) is 19.0. The summed E-state index contributed by atoms with van der Waals surface area (Å²) in [5.74, 6) is -1.26. The number of amides is 1. The Bertz CT molecular complexity index is 1170. The number of hydrogen-bond acceptors (Lipinski definition) is 6. The fourth-order valence-corrected chi connectivity index (χ4v) is 4.39. The third kappa shape index (κ3) is 5.87. The highest BCUT2D eigenvalue weighted by Crippen LogP contribution is 2.24. The average molecular weight is 481 g/mol. The number of hydroxylamine groups is 1. The first kappa shape index (κ1) is 25.1. The minimum atomic E-state index is -3.86. The van der Waals surface area contributed by atoms with Crippen LogP contribution in [0.1, 0.15) is 38.2 Å². The highest BCUT2D eigenvalue weighted by atomic mass is 32.2. The van der Waals surface area contributed by atoms with Crippen LogP contribution < -0.4 is 11.0 Å². The van der Waals surface area contributed by atoms with E-state index in [1.54, 1.807) is 25.1 Å². The van der Waals surface area contributed by atoms with Crippen molar-refractivity contribution in [2.75, 3.05) is 12.9 Å². The Morgan fingerprint density at radius 1 is 1.30 bits per heavy atom. The monoisotopic (exact) mass is 480 g/mol. The molecule has 1 aliphatic heterocycles. The molecule has 1 N–H and O–H groups in total. The van der Waals surface area contributed by atoms with Crippen LogP contribution in [-0.4, -0.2) is 42.8 Å². The van der Waals surface area contributed by atoms with E-state index in [1.165, 1.54) is 29.8 Å². The van der Waals surface area contributed by atoms with Gasteiger partial charge in [0.1, 0.15) is 5.82 Å². The SMILES string of the molecule is Cc1ccc(-c2ccn(CC[C@](C)(C(=O)NOC3CCCCO3)S(C)(=O)=O)c(=O)c2)c(F)c1.